The van der Waals surface area contributed by atoms with Crippen LogP contribution in [0.5, 0.6) is 0 Å². The lowest BCUT2D eigenvalue weighted by Crippen LogP contribution is -2.33. The average molecular weight is 264 g/mol. The molecule has 1 aliphatic rings. The molecule has 0 spiro atoms. The van der Waals surface area contributed by atoms with Gasteiger partial charge in [-0.1, -0.05) is 26.2 Å². The predicted octanol–water partition coefficient (Wildman–Crippen LogP) is 1.39. The monoisotopic (exact) mass is 264 g/mol. The molecule has 5 heteroatoms. The Morgan fingerprint density at radius 1 is 1.18 bits per heavy atom. The average Bonchev–Trinajstić information content (AvgIpc) is 2.61. The van der Waals surface area contributed by atoms with Crippen molar-refractivity contribution in [3.63, 3.8) is 0 Å². The predicted molar refractivity (Wildman–Crippen MR) is 69.2 cm³/mol. The summed E-state index contributed by atoms with van der Waals surface area (Å²) >= 11 is 1.77. The number of aliphatic hydroxyl groups is 2. The molecule has 0 unspecified atom stereocenters. The molecule has 1 rings (SSSR count). The van der Waals surface area contributed by atoms with Crippen LogP contribution in [-0.2, 0) is 9.47 Å². The molecule has 0 aromatic carbocycles. The number of hydrogen-bond acceptors (Lipinski definition) is 5. The fourth-order valence-electron chi connectivity index (χ4n) is 1.88. The van der Waals surface area contributed by atoms with E-state index in [4.69, 9.17) is 9.47 Å². The van der Waals surface area contributed by atoms with Crippen molar-refractivity contribution in [3.05, 3.63) is 0 Å². The summed E-state index contributed by atoms with van der Waals surface area (Å²) in [7, 11) is 1.47. The molecule has 1 fully saturated rings. The van der Waals surface area contributed by atoms with Gasteiger partial charge in [-0.25, -0.2) is 0 Å². The van der Waals surface area contributed by atoms with E-state index in [1.807, 2.05) is 0 Å². The lowest BCUT2D eigenvalue weighted by molar-refractivity contribution is -0.145. The third-order valence-corrected chi connectivity index (χ3v) is 4.12. The van der Waals surface area contributed by atoms with Crippen molar-refractivity contribution < 1.29 is 19.7 Å². The van der Waals surface area contributed by atoms with Crippen molar-refractivity contribution in [3.8, 4) is 0 Å². The van der Waals surface area contributed by atoms with Crippen molar-refractivity contribution in [1.29, 1.82) is 0 Å². The maximum absolute atomic E-state index is 9.73. The van der Waals surface area contributed by atoms with Gasteiger partial charge in [0.05, 0.1) is 6.10 Å². The largest absolute Gasteiger partial charge is 0.387 e. The van der Waals surface area contributed by atoms with Gasteiger partial charge in [-0.2, -0.15) is 11.8 Å². The van der Waals surface area contributed by atoms with Crippen molar-refractivity contribution in [2.24, 2.45) is 0 Å². The van der Waals surface area contributed by atoms with Crippen molar-refractivity contribution >= 4 is 11.8 Å². The third kappa shape index (κ3) is 4.75. The van der Waals surface area contributed by atoms with Crippen molar-refractivity contribution in [2.75, 3.05) is 18.6 Å². The van der Waals surface area contributed by atoms with Gasteiger partial charge in [0.1, 0.15) is 12.2 Å². The summed E-state index contributed by atoms with van der Waals surface area (Å²) in [6, 6.07) is 0. The van der Waals surface area contributed by atoms with Gasteiger partial charge in [-0.05, 0) is 12.2 Å². The molecule has 0 saturated carbocycles. The van der Waals surface area contributed by atoms with Gasteiger partial charge >= 0.3 is 0 Å². The number of rotatable bonds is 8. The van der Waals surface area contributed by atoms with Crippen LogP contribution in [0.25, 0.3) is 0 Å². The van der Waals surface area contributed by atoms with E-state index in [1.54, 1.807) is 11.8 Å². The number of ether oxygens (including phenoxy) is 2. The minimum atomic E-state index is -0.925. The highest BCUT2D eigenvalue weighted by Crippen LogP contribution is 2.24. The van der Waals surface area contributed by atoms with Crippen LogP contribution in [0, 0.1) is 0 Å². The number of thioether (sulfide) groups is 1. The molecule has 0 aromatic rings. The van der Waals surface area contributed by atoms with E-state index >= 15 is 0 Å². The molecule has 0 radical (unpaired) electrons. The zero-order valence-corrected chi connectivity index (χ0v) is 11.5. The van der Waals surface area contributed by atoms with E-state index in [1.165, 1.54) is 32.8 Å². The maximum Gasteiger partial charge on any atom is 0.186 e. The molecule has 1 aliphatic heterocycles. The zero-order chi connectivity index (χ0) is 12.7. The van der Waals surface area contributed by atoms with Crippen LogP contribution < -0.4 is 0 Å². The topological polar surface area (TPSA) is 58.9 Å². The minimum absolute atomic E-state index is 0.314. The van der Waals surface area contributed by atoms with Gasteiger partial charge in [0, 0.05) is 12.9 Å². The fraction of sp³-hybridized carbons (Fsp3) is 1.00. The van der Waals surface area contributed by atoms with Gasteiger partial charge in [0.25, 0.3) is 0 Å². The van der Waals surface area contributed by atoms with Gasteiger partial charge in [-0.3, -0.25) is 0 Å². The smallest absolute Gasteiger partial charge is 0.186 e. The Hall–Kier alpha value is 0.190. The fourth-order valence-corrected chi connectivity index (χ4v) is 2.96. The molecule has 1 heterocycles. The molecule has 0 aliphatic carbocycles. The molecule has 4 nitrogen and oxygen atoms in total. The highest BCUT2D eigenvalue weighted by Gasteiger charge is 2.42. The first kappa shape index (κ1) is 15.2. The molecule has 102 valence electrons. The number of unbranched alkanes of at least 4 members (excludes halogenated alkanes) is 3. The van der Waals surface area contributed by atoms with E-state index in [2.05, 4.69) is 6.92 Å². The lowest BCUT2D eigenvalue weighted by Gasteiger charge is -2.13. The highest BCUT2D eigenvalue weighted by molar-refractivity contribution is 7.99. The van der Waals surface area contributed by atoms with Gasteiger partial charge in [0.2, 0.25) is 0 Å². The Balaban J connectivity index is 2.11. The molecule has 0 bridgehead atoms. The van der Waals surface area contributed by atoms with E-state index in [0.717, 1.165) is 5.75 Å². The maximum atomic E-state index is 9.73. The van der Waals surface area contributed by atoms with Crippen molar-refractivity contribution in [1.82, 2.24) is 0 Å². The minimum Gasteiger partial charge on any atom is -0.387 e. The van der Waals surface area contributed by atoms with E-state index in [-0.39, 0.29) is 6.10 Å². The van der Waals surface area contributed by atoms with Gasteiger partial charge < -0.3 is 19.7 Å². The normalized spacial score (nSPS) is 33.2. The summed E-state index contributed by atoms with van der Waals surface area (Å²) in [6.45, 7) is 2.20. The second-order valence-electron chi connectivity index (χ2n) is 4.40. The summed E-state index contributed by atoms with van der Waals surface area (Å²) in [5, 5.41) is 19.3. The molecule has 1 saturated heterocycles. The number of methoxy groups -OCH3 is 1. The Bertz CT molecular complexity index is 203. The number of aliphatic hydroxyl groups excluding tert-OH is 2. The van der Waals surface area contributed by atoms with Crippen LogP contribution in [-0.4, -0.2) is 53.4 Å². The summed E-state index contributed by atoms with van der Waals surface area (Å²) in [6.07, 6.45) is 2.25. The van der Waals surface area contributed by atoms with E-state index in [9.17, 15) is 10.2 Å². The Labute approximate surface area is 108 Å². The molecule has 2 N–H and O–H groups in total. The van der Waals surface area contributed by atoms with Crippen LogP contribution >= 0.6 is 11.8 Å². The first-order valence-corrected chi connectivity index (χ1v) is 7.48. The standard InChI is InChI=1S/C12H24O4S/c1-3-4-5-6-7-17-8-9-10(13)11(14)12(15-2)16-9/h9-14H,3-8H2,1-2H3/t9-,10-,11+,12+/m1/s1. The summed E-state index contributed by atoms with van der Waals surface area (Å²) in [4.78, 5) is 0. The Morgan fingerprint density at radius 2 is 1.94 bits per heavy atom. The third-order valence-electron chi connectivity index (χ3n) is 2.98. The van der Waals surface area contributed by atoms with Crippen molar-refractivity contribution in [2.45, 2.75) is 57.2 Å². The second kappa shape index (κ2) is 8.32. The molecular weight excluding hydrogens is 240 g/mol. The SMILES string of the molecule is CCCCCCSC[C@H]1O[C@H](OC)[C@@H](O)[C@@H]1O. The molecule has 4 atom stereocenters. The van der Waals surface area contributed by atoms with Gasteiger partial charge in [-0.15, -0.1) is 0 Å². The Kier molecular flexibility index (Phi) is 7.46. The number of hydrogen-bond donors (Lipinski definition) is 2. The molecule has 0 aromatic heterocycles. The molecular formula is C12H24O4S. The van der Waals surface area contributed by atoms with E-state index < -0.39 is 18.5 Å². The highest BCUT2D eigenvalue weighted by atomic mass is 32.2. The van der Waals surface area contributed by atoms with Crippen LogP contribution in [0.2, 0.25) is 0 Å². The van der Waals surface area contributed by atoms with Crippen LogP contribution in [0.1, 0.15) is 32.6 Å². The molecule has 17 heavy (non-hydrogen) atoms. The second-order valence-corrected chi connectivity index (χ2v) is 5.55. The first-order chi connectivity index (χ1) is 8.20. The summed E-state index contributed by atoms with van der Waals surface area (Å²) in [5.41, 5.74) is 0. The zero-order valence-electron chi connectivity index (χ0n) is 10.7. The molecule has 0 amide bonds. The summed E-state index contributed by atoms with van der Waals surface area (Å²) in [5.74, 6) is 1.80. The van der Waals surface area contributed by atoms with Crippen LogP contribution in [0.3, 0.4) is 0 Å². The first-order valence-electron chi connectivity index (χ1n) is 6.32. The van der Waals surface area contributed by atoms with Crippen LogP contribution in [0.4, 0.5) is 0 Å². The lowest BCUT2D eigenvalue weighted by atomic mass is 10.2. The van der Waals surface area contributed by atoms with Gasteiger partial charge in [0.15, 0.2) is 6.29 Å². The quantitative estimate of drug-likeness (QED) is 0.649. The van der Waals surface area contributed by atoms with Crippen LogP contribution in [0.15, 0.2) is 0 Å². The Morgan fingerprint density at radius 3 is 2.53 bits per heavy atom. The summed E-state index contributed by atoms with van der Waals surface area (Å²) < 4.78 is 10.4. The van der Waals surface area contributed by atoms with E-state index in [0.29, 0.717) is 5.75 Å².